The van der Waals surface area contributed by atoms with E-state index in [1.807, 2.05) is 85.3 Å². The lowest BCUT2D eigenvalue weighted by molar-refractivity contribution is -0.121. The van der Waals surface area contributed by atoms with Crippen molar-refractivity contribution in [2.24, 2.45) is 0 Å². The Kier molecular flexibility index (Phi) is 6.75. The fourth-order valence-corrected chi connectivity index (χ4v) is 4.45. The van der Waals surface area contributed by atoms with Gasteiger partial charge in [-0.3, -0.25) is 9.20 Å². The summed E-state index contributed by atoms with van der Waals surface area (Å²) in [7, 11) is 0. The Bertz CT molecular complexity index is 1200. The number of amides is 1. The van der Waals surface area contributed by atoms with E-state index in [0.717, 1.165) is 27.5 Å². The number of carbonyl (C=O) groups excluding carboxylic acids is 1. The van der Waals surface area contributed by atoms with Crippen molar-refractivity contribution in [1.82, 2.24) is 14.7 Å². The summed E-state index contributed by atoms with van der Waals surface area (Å²) in [6.45, 7) is 6.97. The minimum absolute atomic E-state index is 0.0426. The van der Waals surface area contributed by atoms with Crippen LogP contribution < -0.4 is 14.8 Å². The molecule has 0 aliphatic heterocycles. The first-order valence-electron chi connectivity index (χ1n) is 10.8. The second kappa shape index (κ2) is 9.87. The number of carbonyl (C=O) groups is 1. The van der Waals surface area contributed by atoms with Crippen molar-refractivity contribution in [2.45, 2.75) is 33.2 Å². The molecule has 0 aliphatic carbocycles. The SMILES string of the molecule is CCOc1ccc(C(C)NC(=O)Cc2csc3nc(-c4ccccc4)cn23)cc1OCC. The molecule has 7 heteroatoms. The lowest BCUT2D eigenvalue weighted by Crippen LogP contribution is -2.28. The predicted octanol–water partition coefficient (Wildman–Crippen LogP) is 5.28. The number of imidazole rings is 1. The minimum Gasteiger partial charge on any atom is -0.490 e. The topological polar surface area (TPSA) is 64.9 Å². The van der Waals surface area contributed by atoms with Crippen LogP contribution in [0.2, 0.25) is 0 Å². The smallest absolute Gasteiger partial charge is 0.226 e. The van der Waals surface area contributed by atoms with Crippen LogP contribution in [0.1, 0.15) is 38.1 Å². The van der Waals surface area contributed by atoms with Gasteiger partial charge >= 0.3 is 0 Å². The standard InChI is InChI=1S/C25H27N3O3S/c1-4-30-22-12-11-19(13-23(22)31-5-2)17(3)26-24(29)14-20-16-32-25-27-21(15-28(20)25)18-9-7-6-8-10-18/h6-13,15-17H,4-5,14H2,1-3H3,(H,26,29). The fraction of sp³-hybridized carbons (Fsp3) is 0.280. The third-order valence-corrected chi connectivity index (χ3v) is 6.03. The van der Waals surface area contributed by atoms with E-state index in [9.17, 15) is 4.79 Å². The Morgan fingerprint density at radius 3 is 2.59 bits per heavy atom. The summed E-state index contributed by atoms with van der Waals surface area (Å²) < 4.78 is 13.3. The van der Waals surface area contributed by atoms with Gasteiger partial charge in [-0.2, -0.15) is 0 Å². The highest BCUT2D eigenvalue weighted by Crippen LogP contribution is 2.31. The number of benzene rings is 2. The van der Waals surface area contributed by atoms with Gasteiger partial charge < -0.3 is 14.8 Å². The molecule has 2 heterocycles. The summed E-state index contributed by atoms with van der Waals surface area (Å²) in [4.78, 5) is 18.4. The van der Waals surface area contributed by atoms with E-state index >= 15 is 0 Å². The van der Waals surface area contributed by atoms with Crippen molar-refractivity contribution < 1.29 is 14.3 Å². The molecule has 1 unspecified atom stereocenters. The van der Waals surface area contributed by atoms with Crippen molar-refractivity contribution in [2.75, 3.05) is 13.2 Å². The van der Waals surface area contributed by atoms with E-state index in [4.69, 9.17) is 14.5 Å². The van der Waals surface area contributed by atoms with Crippen LogP contribution in [-0.4, -0.2) is 28.5 Å². The lowest BCUT2D eigenvalue weighted by Gasteiger charge is -2.17. The van der Waals surface area contributed by atoms with E-state index in [1.54, 1.807) is 11.3 Å². The van der Waals surface area contributed by atoms with Crippen LogP contribution in [0.5, 0.6) is 11.5 Å². The largest absolute Gasteiger partial charge is 0.490 e. The van der Waals surface area contributed by atoms with Crippen LogP contribution in [0.25, 0.3) is 16.2 Å². The number of fused-ring (bicyclic) bond motifs is 1. The average Bonchev–Trinajstić information content (AvgIpc) is 3.38. The second-order valence-corrected chi connectivity index (χ2v) is 8.25. The quantitative estimate of drug-likeness (QED) is 0.378. The summed E-state index contributed by atoms with van der Waals surface area (Å²) in [5.74, 6) is 1.37. The van der Waals surface area contributed by atoms with E-state index in [1.165, 1.54) is 0 Å². The zero-order valence-corrected chi connectivity index (χ0v) is 19.3. The van der Waals surface area contributed by atoms with Gasteiger partial charge in [0.1, 0.15) is 0 Å². The molecule has 0 saturated heterocycles. The normalized spacial score (nSPS) is 12.0. The maximum Gasteiger partial charge on any atom is 0.226 e. The van der Waals surface area contributed by atoms with Gasteiger partial charge in [0.25, 0.3) is 0 Å². The van der Waals surface area contributed by atoms with Gasteiger partial charge in [-0.05, 0) is 38.5 Å². The molecule has 2 aromatic heterocycles. The van der Waals surface area contributed by atoms with Crippen LogP contribution in [0.3, 0.4) is 0 Å². The molecule has 4 rings (SSSR count). The van der Waals surface area contributed by atoms with Crippen molar-refractivity contribution in [1.29, 1.82) is 0 Å². The Morgan fingerprint density at radius 2 is 1.84 bits per heavy atom. The molecule has 1 atom stereocenters. The molecule has 0 saturated carbocycles. The second-order valence-electron chi connectivity index (χ2n) is 7.41. The van der Waals surface area contributed by atoms with Gasteiger partial charge in [0.05, 0.1) is 31.4 Å². The van der Waals surface area contributed by atoms with E-state index < -0.39 is 0 Å². The Hall–Kier alpha value is -3.32. The Labute approximate surface area is 191 Å². The van der Waals surface area contributed by atoms with Crippen LogP contribution in [0, 0.1) is 0 Å². The summed E-state index contributed by atoms with van der Waals surface area (Å²) >= 11 is 1.54. The van der Waals surface area contributed by atoms with Crippen LogP contribution in [0.15, 0.2) is 60.1 Å². The van der Waals surface area contributed by atoms with Gasteiger partial charge in [0.2, 0.25) is 5.91 Å². The number of thiazole rings is 1. The van der Waals surface area contributed by atoms with Crippen molar-refractivity contribution in [3.05, 3.63) is 71.4 Å². The van der Waals surface area contributed by atoms with Crippen molar-refractivity contribution in [3.63, 3.8) is 0 Å². The van der Waals surface area contributed by atoms with Crippen LogP contribution in [0.4, 0.5) is 0 Å². The first-order valence-corrected chi connectivity index (χ1v) is 11.7. The minimum atomic E-state index is -0.158. The average molecular weight is 450 g/mol. The van der Waals surface area contributed by atoms with Crippen LogP contribution >= 0.6 is 11.3 Å². The van der Waals surface area contributed by atoms with Crippen molar-refractivity contribution in [3.8, 4) is 22.8 Å². The molecular formula is C25H27N3O3S. The summed E-state index contributed by atoms with van der Waals surface area (Å²) in [5.41, 5.74) is 3.86. The molecule has 6 nitrogen and oxygen atoms in total. The van der Waals surface area contributed by atoms with Crippen LogP contribution in [-0.2, 0) is 11.2 Å². The number of rotatable bonds is 9. The number of nitrogens with zero attached hydrogens (tertiary/aromatic N) is 2. The summed E-state index contributed by atoms with van der Waals surface area (Å²) in [6, 6.07) is 15.7. The third kappa shape index (κ3) is 4.78. The number of aromatic nitrogens is 2. The molecule has 1 N–H and O–H groups in total. The van der Waals surface area contributed by atoms with E-state index in [-0.39, 0.29) is 18.4 Å². The molecule has 0 aliphatic rings. The summed E-state index contributed by atoms with van der Waals surface area (Å²) in [5, 5.41) is 5.09. The number of hydrogen-bond donors (Lipinski definition) is 1. The fourth-order valence-electron chi connectivity index (χ4n) is 3.58. The zero-order chi connectivity index (χ0) is 22.5. The van der Waals surface area contributed by atoms with Gasteiger partial charge in [0, 0.05) is 22.8 Å². The molecule has 32 heavy (non-hydrogen) atoms. The van der Waals surface area contributed by atoms with Gasteiger partial charge in [-0.15, -0.1) is 11.3 Å². The Morgan fingerprint density at radius 1 is 1.09 bits per heavy atom. The molecule has 0 fully saturated rings. The van der Waals surface area contributed by atoms with Gasteiger partial charge in [0.15, 0.2) is 16.5 Å². The molecule has 166 valence electrons. The molecule has 2 aromatic carbocycles. The third-order valence-electron chi connectivity index (χ3n) is 5.14. The maximum absolute atomic E-state index is 12.8. The molecule has 0 radical (unpaired) electrons. The van der Waals surface area contributed by atoms with E-state index in [0.29, 0.717) is 24.7 Å². The molecular weight excluding hydrogens is 422 g/mol. The summed E-state index contributed by atoms with van der Waals surface area (Å²) in [6.07, 6.45) is 2.28. The number of ether oxygens (including phenoxy) is 2. The number of hydrogen-bond acceptors (Lipinski definition) is 5. The molecule has 0 spiro atoms. The van der Waals surface area contributed by atoms with Gasteiger partial charge in [-0.25, -0.2) is 4.98 Å². The van der Waals surface area contributed by atoms with Crippen molar-refractivity contribution >= 4 is 22.2 Å². The lowest BCUT2D eigenvalue weighted by atomic mass is 10.1. The highest BCUT2D eigenvalue weighted by Gasteiger charge is 2.16. The molecule has 1 amide bonds. The first-order chi connectivity index (χ1) is 15.6. The number of nitrogens with one attached hydrogen (secondary N) is 1. The Balaban J connectivity index is 1.46. The highest BCUT2D eigenvalue weighted by molar-refractivity contribution is 7.15. The predicted molar refractivity (Wildman–Crippen MR) is 128 cm³/mol. The maximum atomic E-state index is 12.8. The molecule has 0 bridgehead atoms. The van der Waals surface area contributed by atoms with E-state index in [2.05, 4.69) is 5.32 Å². The highest BCUT2D eigenvalue weighted by atomic mass is 32.1. The zero-order valence-electron chi connectivity index (χ0n) is 18.5. The monoisotopic (exact) mass is 449 g/mol. The van der Waals surface area contributed by atoms with Gasteiger partial charge in [-0.1, -0.05) is 36.4 Å². The first kappa shape index (κ1) is 21.9. The molecule has 4 aromatic rings.